The standard InChI is InChI=1S/C63H66BN3S/c1-39-32-53-56-54(33-39)67(57-40(2)34-47(35-41(57)3)65(44-20-16-14-17-21-44)45-22-18-15-19-23-45)52-38-50-49(62(10,11)30-31-63(50,12)13)37-51(52)64(56)59-58(48-36-43(61(7,8)9)26-29-55(48)68-59)66(53)46-27-24-42(25-28-46)60(4,5)6/h14-29,32-38H,30-31H2,1-13H3. The van der Waals surface area contributed by atoms with Gasteiger partial charge in [-0.2, -0.15) is 0 Å². The van der Waals surface area contributed by atoms with Gasteiger partial charge in [-0.15, -0.1) is 11.3 Å². The van der Waals surface area contributed by atoms with Crippen LogP contribution in [-0.4, -0.2) is 6.71 Å². The molecule has 0 saturated heterocycles. The molecule has 1 aliphatic carbocycles. The molecule has 8 aromatic rings. The zero-order valence-electron chi connectivity index (χ0n) is 42.5. The third-order valence-electron chi connectivity index (χ3n) is 15.6. The third-order valence-corrected chi connectivity index (χ3v) is 16.8. The normalized spacial score (nSPS) is 15.8. The quantitative estimate of drug-likeness (QED) is 0.159. The summed E-state index contributed by atoms with van der Waals surface area (Å²) in [6.07, 6.45) is 2.33. The molecule has 0 bridgehead atoms. The summed E-state index contributed by atoms with van der Waals surface area (Å²) < 4.78 is 2.78. The molecule has 7 aromatic carbocycles. The van der Waals surface area contributed by atoms with Crippen molar-refractivity contribution in [3.63, 3.8) is 0 Å². The van der Waals surface area contributed by atoms with Gasteiger partial charge in [0.15, 0.2) is 0 Å². The first kappa shape index (κ1) is 44.5. The van der Waals surface area contributed by atoms with Crippen LogP contribution in [0, 0.1) is 20.8 Å². The van der Waals surface area contributed by atoms with Gasteiger partial charge in [-0.25, -0.2) is 0 Å². The van der Waals surface area contributed by atoms with Gasteiger partial charge in [0.25, 0.3) is 6.71 Å². The second-order valence-corrected chi connectivity index (χ2v) is 24.6. The molecule has 68 heavy (non-hydrogen) atoms. The fraction of sp³-hybridized carbons (Fsp3) is 0.302. The van der Waals surface area contributed by atoms with Gasteiger partial charge in [-0.3, -0.25) is 0 Å². The van der Waals surface area contributed by atoms with Crippen LogP contribution in [0.5, 0.6) is 0 Å². The average molecular weight is 908 g/mol. The van der Waals surface area contributed by atoms with E-state index in [1.165, 1.54) is 105 Å². The molecule has 3 nitrogen and oxygen atoms in total. The molecule has 0 radical (unpaired) electrons. The number of rotatable bonds is 5. The van der Waals surface area contributed by atoms with E-state index in [9.17, 15) is 0 Å². The number of benzene rings is 7. The molecular formula is C63H66BN3S. The van der Waals surface area contributed by atoms with Crippen LogP contribution < -0.4 is 30.4 Å². The van der Waals surface area contributed by atoms with E-state index in [1.54, 1.807) is 0 Å². The number of thiophene rings is 1. The molecule has 0 fully saturated rings. The van der Waals surface area contributed by atoms with E-state index in [4.69, 9.17) is 0 Å². The first-order chi connectivity index (χ1) is 32.2. The molecule has 2 aliphatic heterocycles. The highest BCUT2D eigenvalue weighted by Crippen LogP contribution is 2.53. The van der Waals surface area contributed by atoms with Gasteiger partial charge in [0.05, 0.1) is 11.4 Å². The Kier molecular flexibility index (Phi) is 10.1. The molecule has 1 aromatic heterocycles. The van der Waals surface area contributed by atoms with Crippen LogP contribution in [0.4, 0.5) is 51.2 Å². The van der Waals surface area contributed by atoms with Crippen LogP contribution in [-0.2, 0) is 21.7 Å². The molecule has 0 unspecified atom stereocenters. The fourth-order valence-corrected chi connectivity index (χ4v) is 13.1. The summed E-state index contributed by atoms with van der Waals surface area (Å²) in [5.41, 5.74) is 23.5. The van der Waals surface area contributed by atoms with Crippen LogP contribution in [0.3, 0.4) is 0 Å². The van der Waals surface area contributed by atoms with Gasteiger partial charge < -0.3 is 14.7 Å². The van der Waals surface area contributed by atoms with Crippen molar-refractivity contribution >= 4 is 95.0 Å². The Labute approximate surface area is 410 Å². The largest absolute Gasteiger partial charge is 0.311 e. The maximum Gasteiger partial charge on any atom is 0.264 e. The third kappa shape index (κ3) is 7.05. The first-order valence-electron chi connectivity index (χ1n) is 24.8. The van der Waals surface area contributed by atoms with E-state index in [0.717, 1.165) is 23.5 Å². The highest BCUT2D eigenvalue weighted by atomic mass is 32.1. The minimum Gasteiger partial charge on any atom is -0.311 e. The van der Waals surface area contributed by atoms with E-state index in [1.807, 2.05) is 11.3 Å². The van der Waals surface area contributed by atoms with Gasteiger partial charge in [0.1, 0.15) is 0 Å². The zero-order chi connectivity index (χ0) is 47.8. The zero-order valence-corrected chi connectivity index (χ0v) is 43.3. The smallest absolute Gasteiger partial charge is 0.264 e. The molecule has 3 heterocycles. The molecule has 0 amide bonds. The topological polar surface area (TPSA) is 9.72 Å². The summed E-state index contributed by atoms with van der Waals surface area (Å²) in [4.78, 5) is 7.73. The van der Waals surface area contributed by atoms with Crippen LogP contribution in [0.1, 0.15) is 121 Å². The van der Waals surface area contributed by atoms with E-state index >= 15 is 0 Å². The summed E-state index contributed by atoms with van der Waals surface area (Å²) in [5.74, 6) is 0. The summed E-state index contributed by atoms with van der Waals surface area (Å²) in [7, 11) is 0. The van der Waals surface area contributed by atoms with Gasteiger partial charge in [-0.05, 0) is 184 Å². The lowest BCUT2D eigenvalue weighted by Gasteiger charge is -2.47. The second kappa shape index (κ2) is 15.5. The number of aryl methyl sites for hydroxylation is 3. The highest BCUT2D eigenvalue weighted by molar-refractivity contribution is 7.33. The van der Waals surface area contributed by atoms with Crippen LogP contribution in [0.25, 0.3) is 10.1 Å². The van der Waals surface area contributed by atoms with Gasteiger partial charge in [0.2, 0.25) is 0 Å². The lowest BCUT2D eigenvalue weighted by atomic mass is 9.35. The number of hydrogen-bond donors (Lipinski definition) is 0. The van der Waals surface area contributed by atoms with Crippen molar-refractivity contribution in [1.82, 2.24) is 0 Å². The predicted molar refractivity (Wildman–Crippen MR) is 297 cm³/mol. The second-order valence-electron chi connectivity index (χ2n) is 23.6. The molecule has 11 rings (SSSR count). The highest BCUT2D eigenvalue weighted by Gasteiger charge is 2.48. The van der Waals surface area contributed by atoms with E-state index < -0.39 is 0 Å². The van der Waals surface area contributed by atoms with Gasteiger partial charge in [-0.1, -0.05) is 130 Å². The van der Waals surface area contributed by atoms with Crippen LogP contribution in [0.2, 0.25) is 0 Å². The molecule has 3 aliphatic rings. The molecular weight excluding hydrogens is 842 g/mol. The summed E-state index contributed by atoms with van der Waals surface area (Å²) >= 11 is 2.01. The van der Waals surface area contributed by atoms with E-state index in [0.29, 0.717) is 0 Å². The van der Waals surface area contributed by atoms with E-state index in [2.05, 4.69) is 244 Å². The molecule has 5 heteroatoms. The van der Waals surface area contributed by atoms with Gasteiger partial charge in [0, 0.05) is 54.7 Å². The van der Waals surface area contributed by atoms with Crippen molar-refractivity contribution in [1.29, 1.82) is 0 Å². The minimum atomic E-state index is 0.0123. The van der Waals surface area contributed by atoms with Crippen molar-refractivity contribution in [2.45, 2.75) is 125 Å². The monoisotopic (exact) mass is 908 g/mol. The Morgan fingerprint density at radius 1 is 0.529 bits per heavy atom. The Morgan fingerprint density at radius 2 is 1.06 bits per heavy atom. The lowest BCUT2D eigenvalue weighted by molar-refractivity contribution is 0.332. The molecule has 0 spiro atoms. The van der Waals surface area contributed by atoms with Crippen molar-refractivity contribution in [2.24, 2.45) is 0 Å². The Bertz CT molecular complexity index is 3230. The Hall–Kier alpha value is -6.04. The van der Waals surface area contributed by atoms with Crippen LogP contribution >= 0.6 is 11.3 Å². The maximum atomic E-state index is 2.69. The number of nitrogens with zero attached hydrogens (tertiary/aromatic N) is 3. The van der Waals surface area contributed by atoms with Crippen molar-refractivity contribution in [3.8, 4) is 0 Å². The minimum absolute atomic E-state index is 0.0123. The van der Waals surface area contributed by atoms with Crippen LogP contribution in [0.15, 0.2) is 140 Å². The molecule has 0 saturated carbocycles. The molecule has 0 N–H and O–H groups in total. The van der Waals surface area contributed by atoms with Crippen molar-refractivity contribution in [2.75, 3.05) is 14.7 Å². The van der Waals surface area contributed by atoms with Gasteiger partial charge >= 0.3 is 0 Å². The number of fused-ring (bicyclic) bond motifs is 7. The number of anilines is 9. The summed E-state index contributed by atoms with van der Waals surface area (Å²) in [6.45, 7) is 30.9. The Morgan fingerprint density at radius 3 is 1.62 bits per heavy atom. The average Bonchev–Trinajstić information content (AvgIpc) is 3.67. The summed E-state index contributed by atoms with van der Waals surface area (Å²) in [6, 6.07) is 53.5. The van der Waals surface area contributed by atoms with E-state index in [-0.39, 0.29) is 28.4 Å². The van der Waals surface area contributed by atoms with Crippen molar-refractivity contribution < 1.29 is 0 Å². The van der Waals surface area contributed by atoms with Crippen molar-refractivity contribution in [3.05, 3.63) is 178 Å². The molecule has 342 valence electrons. The fourth-order valence-electron chi connectivity index (χ4n) is 11.8. The number of para-hydroxylation sites is 2. The predicted octanol–water partition coefficient (Wildman–Crippen LogP) is 16.3. The number of hydrogen-bond acceptors (Lipinski definition) is 4. The molecule has 0 atom stereocenters. The first-order valence-corrected chi connectivity index (χ1v) is 25.7. The SMILES string of the molecule is Cc1cc2c3c(c1)N(c1ccc(C(C)(C)C)cc1)c1c(sc4ccc(C(C)(C)C)cc14)B3c1cc3c(cc1N2c1c(C)cc(N(c2ccccc2)c2ccccc2)cc1C)C(C)(C)CCC3(C)C. The Balaban J connectivity index is 1.23. The maximum absolute atomic E-state index is 2.69. The summed E-state index contributed by atoms with van der Waals surface area (Å²) in [5, 5.41) is 1.35. The lowest BCUT2D eigenvalue weighted by Crippen LogP contribution is -2.61.